The van der Waals surface area contributed by atoms with Crippen molar-refractivity contribution in [2.24, 2.45) is 0 Å². The first-order chi connectivity index (χ1) is 8.92. The molecule has 0 spiro atoms. The smallest absolute Gasteiger partial charge is 0.178 e. The van der Waals surface area contributed by atoms with Crippen molar-refractivity contribution in [3.05, 3.63) is 29.8 Å². The molecule has 1 aromatic carbocycles. The fourth-order valence-corrected chi connectivity index (χ4v) is 2.97. The maximum absolute atomic E-state index is 12.3. The van der Waals surface area contributed by atoms with Crippen LogP contribution < -0.4 is 0 Å². The van der Waals surface area contributed by atoms with Gasteiger partial charge in [0.1, 0.15) is 6.67 Å². The van der Waals surface area contributed by atoms with Crippen molar-refractivity contribution in [2.75, 3.05) is 19.1 Å². The molecule has 0 bridgehead atoms. The zero-order valence-electron chi connectivity index (χ0n) is 10.7. The van der Waals surface area contributed by atoms with E-state index in [1.165, 1.54) is 12.1 Å². The van der Waals surface area contributed by atoms with Gasteiger partial charge < -0.3 is 5.11 Å². The molecule has 0 unspecified atom stereocenters. The molecule has 0 aliphatic rings. The number of hydrogen-bond donors (Lipinski definition) is 1. The summed E-state index contributed by atoms with van der Waals surface area (Å²) in [5.41, 5.74) is 0.662. The highest BCUT2D eigenvalue weighted by Crippen LogP contribution is 2.22. The standard InChI is InChI=1S/C13H18F2O3S/c1-10(13(16)9-15)11-3-5-12(6-4-11)19(17,18)8-2-7-14/h3-6,10,13,16H,2,7-9H2,1H3/t10-,13-/m1/s1. The second-order valence-electron chi connectivity index (χ2n) is 4.44. The number of aliphatic hydroxyl groups is 1. The van der Waals surface area contributed by atoms with Crippen LogP contribution in [0.2, 0.25) is 0 Å². The van der Waals surface area contributed by atoms with Crippen molar-refractivity contribution in [3.63, 3.8) is 0 Å². The molecule has 2 atom stereocenters. The second-order valence-corrected chi connectivity index (χ2v) is 6.55. The van der Waals surface area contributed by atoms with Crippen LogP contribution in [-0.2, 0) is 9.84 Å². The lowest BCUT2D eigenvalue weighted by atomic mass is 9.96. The van der Waals surface area contributed by atoms with Gasteiger partial charge in [0, 0.05) is 5.92 Å². The summed E-state index contributed by atoms with van der Waals surface area (Å²) >= 11 is 0. The maximum atomic E-state index is 12.3. The van der Waals surface area contributed by atoms with Crippen molar-refractivity contribution >= 4 is 9.84 Å². The summed E-state index contributed by atoms with van der Waals surface area (Å²) in [6.07, 6.45) is -1.13. The molecule has 0 aromatic heterocycles. The molecule has 0 heterocycles. The fraction of sp³-hybridized carbons (Fsp3) is 0.538. The fourth-order valence-electron chi connectivity index (χ4n) is 1.70. The van der Waals surface area contributed by atoms with E-state index < -0.39 is 35.2 Å². The van der Waals surface area contributed by atoms with E-state index in [1.807, 2.05) is 0 Å². The van der Waals surface area contributed by atoms with Crippen LogP contribution in [0.25, 0.3) is 0 Å². The van der Waals surface area contributed by atoms with Gasteiger partial charge in [-0.2, -0.15) is 0 Å². The lowest BCUT2D eigenvalue weighted by molar-refractivity contribution is 0.117. The largest absolute Gasteiger partial charge is 0.390 e. The van der Waals surface area contributed by atoms with Gasteiger partial charge in [-0.1, -0.05) is 19.1 Å². The van der Waals surface area contributed by atoms with E-state index in [1.54, 1.807) is 19.1 Å². The van der Waals surface area contributed by atoms with Crippen molar-refractivity contribution < 1.29 is 22.3 Å². The van der Waals surface area contributed by atoms with Crippen molar-refractivity contribution in [1.82, 2.24) is 0 Å². The normalized spacial score (nSPS) is 15.2. The Bertz CT molecular complexity index is 485. The molecule has 3 nitrogen and oxygen atoms in total. The third-order valence-corrected chi connectivity index (χ3v) is 4.86. The number of sulfone groups is 1. The Labute approximate surface area is 112 Å². The molecule has 0 saturated carbocycles. The monoisotopic (exact) mass is 292 g/mol. The molecule has 0 saturated heterocycles. The van der Waals surface area contributed by atoms with Crippen molar-refractivity contribution in [2.45, 2.75) is 30.3 Å². The predicted octanol–water partition coefficient (Wildman–Crippen LogP) is 2.25. The summed E-state index contributed by atoms with van der Waals surface area (Å²) < 4.78 is 47.9. The highest BCUT2D eigenvalue weighted by molar-refractivity contribution is 7.91. The summed E-state index contributed by atoms with van der Waals surface area (Å²) in [6, 6.07) is 5.91. The maximum Gasteiger partial charge on any atom is 0.178 e. The van der Waals surface area contributed by atoms with Crippen LogP contribution in [0.1, 0.15) is 24.8 Å². The molecule has 0 radical (unpaired) electrons. The number of benzene rings is 1. The third kappa shape index (κ3) is 4.24. The van der Waals surface area contributed by atoms with Gasteiger partial charge in [0.05, 0.1) is 23.4 Å². The first kappa shape index (κ1) is 16.0. The van der Waals surface area contributed by atoms with E-state index in [2.05, 4.69) is 0 Å². The average molecular weight is 292 g/mol. The van der Waals surface area contributed by atoms with E-state index in [9.17, 15) is 22.3 Å². The zero-order chi connectivity index (χ0) is 14.5. The molecule has 19 heavy (non-hydrogen) atoms. The Hall–Kier alpha value is -1.01. The lowest BCUT2D eigenvalue weighted by Gasteiger charge is -2.16. The van der Waals surface area contributed by atoms with Gasteiger partial charge in [-0.25, -0.2) is 12.8 Å². The minimum absolute atomic E-state index is 0.0267. The molecule has 0 amide bonds. The Morgan fingerprint density at radius 1 is 1.21 bits per heavy atom. The molecule has 0 aliphatic carbocycles. The molecule has 1 aromatic rings. The Morgan fingerprint density at radius 3 is 2.26 bits per heavy atom. The summed E-state index contributed by atoms with van der Waals surface area (Å²) in [5.74, 6) is -0.640. The SMILES string of the molecule is C[C@H](c1ccc(S(=O)(=O)CCCF)cc1)[C@H](O)CF. The average Bonchev–Trinajstić information content (AvgIpc) is 2.43. The molecule has 1 N–H and O–H groups in total. The Kier molecular flexibility index (Phi) is 5.87. The summed E-state index contributed by atoms with van der Waals surface area (Å²) in [6.45, 7) is 0.144. The van der Waals surface area contributed by atoms with Gasteiger partial charge >= 0.3 is 0 Å². The van der Waals surface area contributed by atoms with Crippen molar-refractivity contribution in [3.8, 4) is 0 Å². The van der Waals surface area contributed by atoms with Crippen LogP contribution in [0.3, 0.4) is 0 Å². The van der Waals surface area contributed by atoms with E-state index >= 15 is 0 Å². The number of rotatable bonds is 7. The van der Waals surface area contributed by atoms with Crippen LogP contribution in [0.5, 0.6) is 0 Å². The van der Waals surface area contributed by atoms with Crippen LogP contribution >= 0.6 is 0 Å². The highest BCUT2D eigenvalue weighted by Gasteiger charge is 2.18. The number of hydrogen-bond acceptors (Lipinski definition) is 3. The predicted molar refractivity (Wildman–Crippen MR) is 69.5 cm³/mol. The minimum atomic E-state index is -3.47. The Morgan fingerprint density at radius 2 is 1.79 bits per heavy atom. The molecular weight excluding hydrogens is 274 g/mol. The molecule has 0 aliphatic heterocycles. The molecule has 0 fully saturated rings. The van der Waals surface area contributed by atoms with E-state index in [-0.39, 0.29) is 17.1 Å². The van der Waals surface area contributed by atoms with Gasteiger partial charge in [-0.15, -0.1) is 0 Å². The molecular formula is C13H18F2O3S. The van der Waals surface area contributed by atoms with Gasteiger partial charge in [-0.05, 0) is 24.1 Å². The zero-order valence-corrected chi connectivity index (χ0v) is 11.5. The highest BCUT2D eigenvalue weighted by atomic mass is 32.2. The van der Waals surface area contributed by atoms with Crippen LogP contribution in [-0.4, -0.2) is 38.7 Å². The van der Waals surface area contributed by atoms with Crippen LogP contribution in [0, 0.1) is 0 Å². The first-order valence-electron chi connectivity index (χ1n) is 6.05. The van der Waals surface area contributed by atoms with Gasteiger partial charge in [0.2, 0.25) is 0 Å². The Balaban J connectivity index is 2.87. The van der Waals surface area contributed by atoms with E-state index in [4.69, 9.17) is 0 Å². The number of alkyl halides is 2. The van der Waals surface area contributed by atoms with Gasteiger partial charge in [-0.3, -0.25) is 4.39 Å². The summed E-state index contributed by atoms with van der Waals surface area (Å²) in [5, 5.41) is 9.39. The topological polar surface area (TPSA) is 54.4 Å². The molecule has 6 heteroatoms. The summed E-state index contributed by atoms with van der Waals surface area (Å²) in [7, 11) is -3.47. The minimum Gasteiger partial charge on any atom is -0.390 e. The number of halogens is 2. The van der Waals surface area contributed by atoms with Gasteiger partial charge in [0.25, 0.3) is 0 Å². The van der Waals surface area contributed by atoms with Crippen LogP contribution in [0.4, 0.5) is 8.78 Å². The lowest BCUT2D eigenvalue weighted by Crippen LogP contribution is -2.18. The summed E-state index contributed by atoms with van der Waals surface area (Å²) in [4.78, 5) is 0.117. The van der Waals surface area contributed by atoms with Crippen LogP contribution in [0.15, 0.2) is 29.2 Å². The third-order valence-electron chi connectivity index (χ3n) is 3.05. The second kappa shape index (κ2) is 6.96. The quantitative estimate of drug-likeness (QED) is 0.838. The van der Waals surface area contributed by atoms with E-state index in [0.717, 1.165) is 0 Å². The van der Waals surface area contributed by atoms with E-state index in [0.29, 0.717) is 5.56 Å². The molecule has 1 rings (SSSR count). The van der Waals surface area contributed by atoms with Gasteiger partial charge in [0.15, 0.2) is 9.84 Å². The number of aliphatic hydroxyl groups excluding tert-OH is 1. The molecule has 108 valence electrons. The van der Waals surface area contributed by atoms with Crippen molar-refractivity contribution in [1.29, 1.82) is 0 Å². The first-order valence-corrected chi connectivity index (χ1v) is 7.70.